The highest BCUT2D eigenvalue weighted by molar-refractivity contribution is 7.14. The molecule has 1 fully saturated rings. The third kappa shape index (κ3) is 5.68. The number of carbonyl (C=O) groups is 3. The molecule has 2 amide bonds. The maximum Gasteiger partial charge on any atom is 0.309 e. The van der Waals surface area contributed by atoms with Crippen LogP contribution < -0.4 is 0 Å². The highest BCUT2D eigenvalue weighted by Gasteiger charge is 2.32. The van der Waals surface area contributed by atoms with Crippen LogP contribution in [0.4, 0.5) is 0 Å². The zero-order chi connectivity index (χ0) is 22.8. The number of amides is 2. The topological polar surface area (TPSA) is 66.9 Å². The number of carbonyl (C=O) groups excluding carboxylic acids is 3. The lowest BCUT2D eigenvalue weighted by Crippen LogP contribution is -2.45. The summed E-state index contributed by atoms with van der Waals surface area (Å²) in [5, 5.41) is 0. The van der Waals surface area contributed by atoms with Gasteiger partial charge in [-0.3, -0.25) is 14.4 Å². The van der Waals surface area contributed by atoms with Crippen LogP contribution in [0.5, 0.6) is 0 Å². The molecule has 2 aliphatic rings. The molecule has 0 saturated carbocycles. The first-order valence-corrected chi connectivity index (χ1v) is 12.2. The number of thiophene rings is 1. The number of aryl methyl sites for hydroxylation is 1. The van der Waals surface area contributed by atoms with E-state index >= 15 is 0 Å². The molecular formula is C24H36N2O4S. The Bertz CT molecular complexity index is 818. The normalized spacial score (nSPS) is 19.6. The molecule has 1 aromatic heterocycles. The highest BCUT2D eigenvalue weighted by atomic mass is 32.1. The second kappa shape index (κ2) is 9.72. The number of nitrogens with zero attached hydrogens (tertiary/aromatic N) is 2. The van der Waals surface area contributed by atoms with Crippen LogP contribution in [0, 0.1) is 17.3 Å². The second-order valence-corrected chi connectivity index (χ2v) is 11.1. The number of esters is 1. The maximum absolute atomic E-state index is 13.0. The molecule has 0 spiro atoms. The van der Waals surface area contributed by atoms with Gasteiger partial charge in [-0.25, -0.2) is 0 Å². The molecule has 1 aliphatic heterocycles. The van der Waals surface area contributed by atoms with Crippen LogP contribution in [-0.2, 0) is 27.2 Å². The number of rotatable bonds is 5. The molecule has 0 bridgehead atoms. The van der Waals surface area contributed by atoms with E-state index in [9.17, 15) is 14.4 Å². The molecule has 1 aromatic rings. The molecule has 172 valence electrons. The number of ether oxygens (including phenoxy) is 1. The minimum absolute atomic E-state index is 0.0627. The van der Waals surface area contributed by atoms with E-state index in [1.165, 1.54) is 21.8 Å². The van der Waals surface area contributed by atoms with Crippen molar-refractivity contribution in [2.24, 2.45) is 17.3 Å². The Hall–Kier alpha value is -1.89. The molecule has 0 aromatic carbocycles. The Morgan fingerprint density at radius 1 is 1.19 bits per heavy atom. The number of hydrogen-bond donors (Lipinski definition) is 0. The molecule has 1 aliphatic carbocycles. The van der Waals surface area contributed by atoms with Crippen LogP contribution in [-0.4, -0.2) is 60.9 Å². The molecule has 0 N–H and O–H groups in total. The van der Waals surface area contributed by atoms with Crippen LogP contribution in [0.25, 0.3) is 0 Å². The number of hydrogen-bond acceptors (Lipinski definition) is 5. The van der Waals surface area contributed by atoms with Gasteiger partial charge in [0.05, 0.1) is 23.9 Å². The van der Waals surface area contributed by atoms with E-state index in [0.717, 1.165) is 17.7 Å². The molecule has 7 heteroatoms. The number of likely N-dealkylation sites (N-methyl/N-ethyl adjacent to an activating group) is 1. The van der Waals surface area contributed by atoms with Gasteiger partial charge in [0.2, 0.25) is 5.91 Å². The summed E-state index contributed by atoms with van der Waals surface area (Å²) >= 11 is 1.59. The summed E-state index contributed by atoms with van der Waals surface area (Å²) in [5.41, 5.74) is 1.58. The predicted octanol–water partition coefficient (Wildman–Crippen LogP) is 3.77. The Morgan fingerprint density at radius 2 is 1.87 bits per heavy atom. The fourth-order valence-corrected chi connectivity index (χ4v) is 5.76. The third-order valence-electron chi connectivity index (χ3n) is 6.71. The predicted molar refractivity (Wildman–Crippen MR) is 122 cm³/mol. The van der Waals surface area contributed by atoms with E-state index in [-0.39, 0.29) is 35.7 Å². The first-order chi connectivity index (χ1) is 14.6. The number of likely N-dealkylation sites (tertiary alicyclic amines) is 1. The van der Waals surface area contributed by atoms with Gasteiger partial charge < -0.3 is 14.5 Å². The Balaban J connectivity index is 1.54. The van der Waals surface area contributed by atoms with Crippen molar-refractivity contribution >= 4 is 29.1 Å². The molecule has 1 atom stereocenters. The summed E-state index contributed by atoms with van der Waals surface area (Å²) in [6.45, 7) is 10.2. The van der Waals surface area contributed by atoms with Gasteiger partial charge in [0.25, 0.3) is 5.91 Å². The molecule has 1 saturated heterocycles. The van der Waals surface area contributed by atoms with Gasteiger partial charge >= 0.3 is 5.97 Å². The minimum Gasteiger partial charge on any atom is -0.466 e. The van der Waals surface area contributed by atoms with Crippen molar-refractivity contribution < 1.29 is 19.1 Å². The summed E-state index contributed by atoms with van der Waals surface area (Å²) in [4.78, 5) is 42.9. The average molecular weight is 449 g/mol. The quantitative estimate of drug-likeness (QED) is 0.643. The van der Waals surface area contributed by atoms with E-state index in [2.05, 4.69) is 20.8 Å². The van der Waals surface area contributed by atoms with E-state index in [1.54, 1.807) is 30.2 Å². The van der Waals surface area contributed by atoms with Gasteiger partial charge in [0.15, 0.2) is 0 Å². The molecule has 3 rings (SSSR count). The first kappa shape index (κ1) is 23.8. The van der Waals surface area contributed by atoms with Gasteiger partial charge in [0, 0.05) is 25.0 Å². The van der Waals surface area contributed by atoms with Gasteiger partial charge in [-0.2, -0.15) is 0 Å². The van der Waals surface area contributed by atoms with Crippen molar-refractivity contribution in [3.8, 4) is 0 Å². The molecular weight excluding hydrogens is 412 g/mol. The fraction of sp³-hybridized carbons (Fsp3) is 0.708. The second-order valence-electron chi connectivity index (χ2n) is 9.93. The lowest BCUT2D eigenvalue weighted by molar-refractivity contribution is -0.151. The van der Waals surface area contributed by atoms with Crippen LogP contribution in [0.1, 0.15) is 67.1 Å². The zero-order valence-corrected chi connectivity index (χ0v) is 20.3. The molecule has 1 unspecified atom stereocenters. The van der Waals surface area contributed by atoms with Crippen molar-refractivity contribution in [1.29, 1.82) is 0 Å². The molecule has 31 heavy (non-hydrogen) atoms. The first-order valence-electron chi connectivity index (χ1n) is 11.4. The van der Waals surface area contributed by atoms with E-state index in [1.807, 2.05) is 6.07 Å². The van der Waals surface area contributed by atoms with Crippen LogP contribution >= 0.6 is 11.3 Å². The lowest BCUT2D eigenvalue weighted by Gasteiger charge is -2.33. The highest BCUT2D eigenvalue weighted by Crippen LogP contribution is 2.40. The molecule has 2 heterocycles. The van der Waals surface area contributed by atoms with Crippen molar-refractivity contribution in [3.05, 3.63) is 21.4 Å². The molecule has 6 nitrogen and oxygen atoms in total. The summed E-state index contributed by atoms with van der Waals surface area (Å²) in [7, 11) is 1.70. The zero-order valence-electron chi connectivity index (χ0n) is 19.5. The van der Waals surface area contributed by atoms with E-state index in [0.29, 0.717) is 38.5 Å². The van der Waals surface area contributed by atoms with Crippen LogP contribution in [0.15, 0.2) is 6.07 Å². The third-order valence-corrected chi connectivity index (χ3v) is 7.93. The summed E-state index contributed by atoms with van der Waals surface area (Å²) in [6, 6.07) is 2.05. The Labute approximate surface area is 189 Å². The van der Waals surface area contributed by atoms with E-state index < -0.39 is 0 Å². The van der Waals surface area contributed by atoms with Crippen LogP contribution in [0.2, 0.25) is 0 Å². The molecule has 0 radical (unpaired) electrons. The monoisotopic (exact) mass is 448 g/mol. The van der Waals surface area contributed by atoms with E-state index in [4.69, 9.17) is 4.74 Å². The standard InChI is InChI=1S/C24H36N2O4S/c1-6-30-23(29)16-9-11-26(12-10-16)21(27)15-25(5)22(28)20-14-17-13-18(24(2,3)4)7-8-19(17)31-20/h14,16,18H,6-13,15H2,1-5H3. The Kier molecular flexibility index (Phi) is 7.45. The average Bonchev–Trinajstić information content (AvgIpc) is 3.16. The fourth-order valence-electron chi connectivity index (χ4n) is 4.56. The van der Waals surface area contributed by atoms with Gasteiger partial charge in [-0.1, -0.05) is 20.8 Å². The van der Waals surface area contributed by atoms with Gasteiger partial charge in [-0.15, -0.1) is 11.3 Å². The Morgan fingerprint density at radius 3 is 2.48 bits per heavy atom. The van der Waals surface area contributed by atoms with Crippen molar-refractivity contribution in [2.75, 3.05) is 33.3 Å². The smallest absolute Gasteiger partial charge is 0.309 e. The van der Waals surface area contributed by atoms with Gasteiger partial charge in [-0.05, 0) is 62.0 Å². The van der Waals surface area contributed by atoms with Crippen molar-refractivity contribution in [2.45, 2.75) is 59.8 Å². The van der Waals surface area contributed by atoms with Gasteiger partial charge in [0.1, 0.15) is 0 Å². The summed E-state index contributed by atoms with van der Waals surface area (Å²) in [6.07, 6.45) is 4.47. The largest absolute Gasteiger partial charge is 0.466 e. The van der Waals surface area contributed by atoms with Crippen molar-refractivity contribution in [3.63, 3.8) is 0 Å². The van der Waals surface area contributed by atoms with Crippen molar-refractivity contribution in [1.82, 2.24) is 9.80 Å². The number of fused-ring (bicyclic) bond motifs is 1. The maximum atomic E-state index is 13.0. The number of piperidine rings is 1. The lowest BCUT2D eigenvalue weighted by atomic mass is 9.72. The summed E-state index contributed by atoms with van der Waals surface area (Å²) in [5.74, 6) is 0.193. The summed E-state index contributed by atoms with van der Waals surface area (Å²) < 4.78 is 5.09. The minimum atomic E-state index is -0.169. The van der Waals surface area contributed by atoms with Crippen LogP contribution in [0.3, 0.4) is 0 Å². The SMILES string of the molecule is CCOC(=O)C1CCN(C(=O)CN(C)C(=O)c2cc3c(s2)CCC(C(C)(C)C)C3)CC1.